The average Bonchev–Trinajstić information content (AvgIpc) is 3.11. The summed E-state index contributed by atoms with van der Waals surface area (Å²) in [5.74, 6) is 0.205. The number of nitrogens with one attached hydrogen (secondary N) is 3. The van der Waals surface area contributed by atoms with E-state index in [2.05, 4.69) is 50.0 Å². The number of benzene rings is 1. The maximum absolute atomic E-state index is 12.4. The molecule has 0 aromatic heterocycles. The molecule has 0 spiro atoms. The quantitative estimate of drug-likeness (QED) is 0.608. The van der Waals surface area contributed by atoms with E-state index in [1.54, 1.807) is 0 Å². The number of hydrogen-bond acceptors (Lipinski definition) is 5. The van der Waals surface area contributed by atoms with Crippen LogP contribution in [0.3, 0.4) is 0 Å². The van der Waals surface area contributed by atoms with Gasteiger partial charge in [0.15, 0.2) is 0 Å². The Bertz CT molecular complexity index is 704. The number of fused-ring (bicyclic) bond motifs is 1. The fraction of sp³-hybridized carbons (Fsp3) is 0.636. The van der Waals surface area contributed by atoms with Crippen LogP contribution in [0, 0.1) is 0 Å². The lowest BCUT2D eigenvalue weighted by Gasteiger charge is -2.37. The van der Waals surface area contributed by atoms with E-state index >= 15 is 0 Å². The highest BCUT2D eigenvalue weighted by molar-refractivity contribution is 5.83. The summed E-state index contributed by atoms with van der Waals surface area (Å²) in [6, 6.07) is 9.12. The second kappa shape index (κ2) is 9.59. The highest BCUT2D eigenvalue weighted by Crippen LogP contribution is 2.26. The zero-order valence-electron chi connectivity index (χ0n) is 18.1. The molecule has 0 unspecified atom stereocenters. The first-order chi connectivity index (χ1) is 13.8. The first kappa shape index (κ1) is 21.6. The molecule has 3 atom stereocenters. The van der Waals surface area contributed by atoms with Gasteiger partial charge in [-0.25, -0.2) is 0 Å². The predicted molar refractivity (Wildman–Crippen MR) is 116 cm³/mol. The maximum atomic E-state index is 12.4. The molecule has 2 fully saturated rings. The number of anilines is 1. The zero-order chi connectivity index (χ0) is 21.0. The van der Waals surface area contributed by atoms with Crippen molar-refractivity contribution in [1.82, 2.24) is 20.9 Å². The normalized spacial score (nSPS) is 24.3. The van der Waals surface area contributed by atoms with E-state index in [9.17, 15) is 9.59 Å². The second-order valence-corrected chi connectivity index (χ2v) is 8.75. The van der Waals surface area contributed by atoms with Gasteiger partial charge >= 0.3 is 0 Å². The molecule has 2 aliphatic rings. The lowest BCUT2D eigenvalue weighted by atomic mass is 10.0. The summed E-state index contributed by atoms with van der Waals surface area (Å²) in [5, 5.41) is 9.60. The van der Waals surface area contributed by atoms with Crippen molar-refractivity contribution in [2.45, 2.75) is 63.8 Å². The molecule has 3 N–H and O–H groups in total. The van der Waals surface area contributed by atoms with Gasteiger partial charge in [-0.05, 0) is 44.4 Å². The van der Waals surface area contributed by atoms with Crippen molar-refractivity contribution in [1.29, 1.82) is 0 Å². The van der Waals surface area contributed by atoms with Crippen LogP contribution < -0.4 is 20.9 Å². The van der Waals surface area contributed by atoms with Crippen molar-refractivity contribution >= 4 is 17.5 Å². The molecule has 2 heterocycles. The number of nitrogens with zero attached hydrogens (tertiary/aromatic N) is 2. The zero-order valence-corrected chi connectivity index (χ0v) is 18.1. The Labute approximate surface area is 174 Å². The monoisotopic (exact) mass is 401 g/mol. The van der Waals surface area contributed by atoms with Gasteiger partial charge in [0.2, 0.25) is 11.8 Å². The number of rotatable bonds is 8. The lowest BCUT2D eigenvalue weighted by Crippen LogP contribution is -2.58. The average molecular weight is 402 g/mol. The van der Waals surface area contributed by atoms with Crippen molar-refractivity contribution in [3.05, 3.63) is 29.8 Å². The topological polar surface area (TPSA) is 76.7 Å². The summed E-state index contributed by atoms with van der Waals surface area (Å²) >= 11 is 0. The third kappa shape index (κ3) is 5.70. The lowest BCUT2D eigenvalue weighted by molar-refractivity contribution is -0.129. The fourth-order valence-corrected chi connectivity index (χ4v) is 4.26. The highest BCUT2D eigenvalue weighted by Gasteiger charge is 2.43. The van der Waals surface area contributed by atoms with Crippen molar-refractivity contribution in [3.63, 3.8) is 0 Å². The van der Waals surface area contributed by atoms with E-state index in [4.69, 9.17) is 0 Å². The molecule has 3 rings (SSSR count). The molecule has 2 amide bonds. The molecule has 0 radical (unpaired) electrons. The van der Waals surface area contributed by atoms with Crippen LogP contribution >= 0.6 is 0 Å². The van der Waals surface area contributed by atoms with Crippen LogP contribution in [0.15, 0.2) is 24.3 Å². The summed E-state index contributed by atoms with van der Waals surface area (Å²) in [4.78, 5) is 28.8. The Morgan fingerprint density at radius 2 is 2.00 bits per heavy atom. The van der Waals surface area contributed by atoms with Crippen molar-refractivity contribution < 1.29 is 9.59 Å². The third-order valence-corrected chi connectivity index (χ3v) is 5.82. The molecule has 7 heteroatoms. The number of hydrogen-bond donors (Lipinski definition) is 3. The Morgan fingerprint density at radius 1 is 1.28 bits per heavy atom. The Morgan fingerprint density at radius 3 is 2.66 bits per heavy atom. The molecule has 2 aliphatic heterocycles. The van der Waals surface area contributed by atoms with Crippen molar-refractivity contribution in [2.24, 2.45) is 0 Å². The van der Waals surface area contributed by atoms with Crippen LogP contribution in [-0.4, -0.2) is 68.1 Å². The maximum Gasteiger partial charge on any atom is 0.237 e. The number of carbonyl (C=O) groups excluding carboxylic acids is 2. The Balaban J connectivity index is 1.52. The molecule has 1 aromatic rings. The van der Waals surface area contributed by atoms with Crippen LogP contribution in [0.2, 0.25) is 0 Å². The minimum Gasteiger partial charge on any atom is -0.378 e. The first-order valence-corrected chi connectivity index (χ1v) is 10.7. The third-order valence-electron chi connectivity index (χ3n) is 5.82. The van der Waals surface area contributed by atoms with Gasteiger partial charge in [0.1, 0.15) is 0 Å². The van der Waals surface area contributed by atoms with Gasteiger partial charge in [-0.15, -0.1) is 0 Å². The summed E-state index contributed by atoms with van der Waals surface area (Å²) in [5.41, 5.74) is 2.43. The molecule has 0 bridgehead atoms. The van der Waals surface area contributed by atoms with E-state index in [1.165, 1.54) is 11.3 Å². The van der Waals surface area contributed by atoms with Gasteiger partial charge in [-0.2, -0.15) is 0 Å². The largest absolute Gasteiger partial charge is 0.378 e. The van der Waals surface area contributed by atoms with Gasteiger partial charge in [-0.3, -0.25) is 14.5 Å². The van der Waals surface area contributed by atoms with Gasteiger partial charge < -0.3 is 20.9 Å². The molecule has 29 heavy (non-hydrogen) atoms. The van der Waals surface area contributed by atoms with Crippen LogP contribution in [0.25, 0.3) is 0 Å². The molecule has 160 valence electrons. The van der Waals surface area contributed by atoms with Gasteiger partial charge in [-0.1, -0.05) is 12.1 Å². The summed E-state index contributed by atoms with van der Waals surface area (Å²) in [6.07, 6.45) is 2.09. The smallest absolute Gasteiger partial charge is 0.237 e. The summed E-state index contributed by atoms with van der Waals surface area (Å²) in [6.45, 7) is 6.22. The molecule has 1 aromatic carbocycles. The Hall–Kier alpha value is -2.12. The molecule has 0 aliphatic carbocycles. The standard InChI is InChI=1S/C22H35N5O2/c1-15(2)25-21(28)10-9-19-13-24-22(29)20-11-17(14-27(19)20)23-12-16-5-7-18(8-6-16)26(3)4/h5-8,15,17,19-20,23H,9-14H2,1-4H3,(H,24,29)(H,25,28)/t17-,19-,20+/m0/s1. The first-order valence-electron chi connectivity index (χ1n) is 10.7. The van der Waals surface area contributed by atoms with Crippen LogP contribution in [0.4, 0.5) is 5.69 Å². The second-order valence-electron chi connectivity index (χ2n) is 8.75. The number of amides is 2. The number of piperazine rings is 1. The fourth-order valence-electron chi connectivity index (χ4n) is 4.26. The van der Waals surface area contributed by atoms with E-state index in [-0.39, 0.29) is 36.0 Å². The van der Waals surface area contributed by atoms with Crippen molar-refractivity contribution in [3.8, 4) is 0 Å². The van der Waals surface area contributed by atoms with Gasteiger partial charge in [0.05, 0.1) is 6.04 Å². The van der Waals surface area contributed by atoms with Crippen LogP contribution in [0.5, 0.6) is 0 Å². The predicted octanol–water partition coefficient (Wildman–Crippen LogP) is 1.09. The Kier molecular flexibility index (Phi) is 7.14. The molecule has 7 nitrogen and oxygen atoms in total. The molecular weight excluding hydrogens is 366 g/mol. The van der Waals surface area contributed by atoms with Crippen molar-refractivity contribution in [2.75, 3.05) is 32.1 Å². The molecular formula is C22H35N5O2. The highest BCUT2D eigenvalue weighted by atomic mass is 16.2. The van der Waals surface area contributed by atoms with E-state index in [0.717, 1.165) is 25.9 Å². The van der Waals surface area contributed by atoms with Gasteiger partial charge in [0.25, 0.3) is 0 Å². The summed E-state index contributed by atoms with van der Waals surface area (Å²) < 4.78 is 0. The van der Waals surface area contributed by atoms with Crippen LogP contribution in [0.1, 0.15) is 38.7 Å². The van der Waals surface area contributed by atoms with Crippen LogP contribution in [-0.2, 0) is 16.1 Å². The number of carbonyl (C=O) groups is 2. The SMILES string of the molecule is CC(C)NC(=O)CC[C@H]1CNC(=O)[C@H]2C[C@H](NCc3ccc(N(C)C)cc3)CN12. The van der Waals surface area contributed by atoms with Gasteiger partial charge in [0, 0.05) is 64.0 Å². The van der Waals surface area contributed by atoms with E-state index < -0.39 is 0 Å². The van der Waals surface area contributed by atoms with E-state index in [1.807, 2.05) is 27.9 Å². The summed E-state index contributed by atoms with van der Waals surface area (Å²) in [7, 11) is 4.08. The van der Waals surface area contributed by atoms with E-state index in [0.29, 0.717) is 13.0 Å². The molecule has 2 saturated heterocycles. The minimum absolute atomic E-state index is 0.0866. The minimum atomic E-state index is -0.0875. The molecule has 0 saturated carbocycles.